The minimum absolute atomic E-state index is 0.191. The van der Waals surface area contributed by atoms with Crippen LogP contribution in [-0.4, -0.2) is 78.1 Å². The number of fused-ring (bicyclic) bond motifs is 1. The maximum absolute atomic E-state index is 13.4. The Hall–Kier alpha value is -3.19. The van der Waals surface area contributed by atoms with Crippen molar-refractivity contribution in [3.8, 4) is 11.4 Å². The van der Waals surface area contributed by atoms with E-state index >= 15 is 0 Å². The third kappa shape index (κ3) is 3.90. The molecule has 36 heavy (non-hydrogen) atoms. The summed E-state index contributed by atoms with van der Waals surface area (Å²) in [7, 11) is 0. The summed E-state index contributed by atoms with van der Waals surface area (Å²) >= 11 is 0. The van der Waals surface area contributed by atoms with Crippen molar-refractivity contribution in [1.29, 1.82) is 0 Å². The largest absolute Gasteiger partial charge is 0.417 e. The summed E-state index contributed by atoms with van der Waals surface area (Å²) in [5, 5.41) is 25.3. The van der Waals surface area contributed by atoms with Crippen LogP contribution in [0.4, 0.5) is 23.7 Å². The molecule has 3 N–H and O–H groups in total. The van der Waals surface area contributed by atoms with E-state index in [4.69, 9.17) is 4.74 Å². The molecule has 0 aromatic carbocycles. The van der Waals surface area contributed by atoms with Gasteiger partial charge < -0.3 is 20.1 Å². The Labute approximate surface area is 203 Å². The topological polar surface area (TPSA) is 121 Å². The fraction of sp³-hybridized carbons (Fsp3) is 0.565. The van der Waals surface area contributed by atoms with E-state index in [0.29, 0.717) is 42.4 Å². The lowest BCUT2D eigenvalue weighted by Gasteiger charge is -2.45. The average Bonchev–Trinajstić information content (AvgIpc) is 3.22. The van der Waals surface area contributed by atoms with Crippen molar-refractivity contribution in [1.82, 2.24) is 29.9 Å². The molecule has 1 spiro atoms. The molecule has 2 saturated heterocycles. The fourth-order valence-corrected chi connectivity index (χ4v) is 5.40. The lowest BCUT2D eigenvalue weighted by atomic mass is 9.84. The van der Waals surface area contributed by atoms with Gasteiger partial charge in [-0.25, -0.2) is 4.79 Å². The third-order valence-electron chi connectivity index (χ3n) is 7.66. The van der Waals surface area contributed by atoms with Crippen LogP contribution in [0.15, 0.2) is 24.7 Å². The Morgan fingerprint density at radius 2 is 2.11 bits per heavy atom. The molecular weight excluding hydrogens is 479 g/mol. The maximum Gasteiger partial charge on any atom is 0.417 e. The molecule has 2 aliphatic heterocycles. The highest BCUT2D eigenvalue weighted by atomic mass is 19.4. The van der Waals surface area contributed by atoms with E-state index in [1.807, 2.05) is 10.7 Å². The third-order valence-corrected chi connectivity index (χ3v) is 7.66. The minimum atomic E-state index is -4.73. The van der Waals surface area contributed by atoms with Crippen LogP contribution in [0.2, 0.25) is 0 Å². The molecule has 192 valence electrons. The summed E-state index contributed by atoms with van der Waals surface area (Å²) in [4.78, 5) is 19.1. The van der Waals surface area contributed by atoms with Crippen LogP contribution in [0, 0.1) is 5.92 Å². The summed E-state index contributed by atoms with van der Waals surface area (Å²) in [6.07, 6.45) is 0.928. The number of hydrogen-bond donors (Lipinski definition) is 3. The quantitative estimate of drug-likeness (QED) is 0.500. The summed E-state index contributed by atoms with van der Waals surface area (Å²) < 4.78 is 47.6. The van der Waals surface area contributed by atoms with Crippen LogP contribution in [0.25, 0.3) is 22.3 Å². The number of halogens is 3. The highest BCUT2D eigenvalue weighted by molar-refractivity contribution is 5.94. The average molecular weight is 506 g/mol. The second-order valence-electron chi connectivity index (χ2n) is 10.1. The molecule has 1 saturated carbocycles. The van der Waals surface area contributed by atoms with Gasteiger partial charge in [0.15, 0.2) is 5.60 Å². The van der Waals surface area contributed by atoms with Crippen LogP contribution >= 0.6 is 0 Å². The molecule has 2 amide bonds. The van der Waals surface area contributed by atoms with E-state index in [0.717, 1.165) is 30.5 Å². The molecule has 0 bridgehead atoms. The molecule has 13 heteroatoms. The Morgan fingerprint density at radius 1 is 1.28 bits per heavy atom. The SMILES string of the molecule is O=C(Nc1cn[nH]c1-c1cc2c(cn1)cnn2C[C@@H]1CCOC1)N1CC[C@](O)(C(F)(F)F)CC12CC2. The molecule has 3 aliphatic rings. The van der Waals surface area contributed by atoms with Gasteiger partial charge in [-0.2, -0.15) is 23.4 Å². The minimum Gasteiger partial charge on any atom is -0.381 e. The van der Waals surface area contributed by atoms with Crippen LogP contribution in [0.1, 0.15) is 32.1 Å². The number of nitrogens with zero attached hydrogens (tertiary/aromatic N) is 5. The Kier molecular flexibility index (Phi) is 5.27. The molecule has 3 aromatic heterocycles. The van der Waals surface area contributed by atoms with E-state index in [1.165, 1.54) is 11.1 Å². The number of likely N-dealkylation sites (tertiary alicyclic amines) is 1. The number of pyridine rings is 1. The normalized spacial score (nSPS) is 25.6. The number of carbonyl (C=O) groups is 1. The zero-order valence-corrected chi connectivity index (χ0v) is 19.4. The Bertz CT molecular complexity index is 1300. The van der Waals surface area contributed by atoms with E-state index in [2.05, 4.69) is 25.6 Å². The van der Waals surface area contributed by atoms with Gasteiger partial charge in [0.1, 0.15) is 5.69 Å². The second kappa shape index (κ2) is 8.17. The first-order valence-corrected chi connectivity index (χ1v) is 12.0. The first-order chi connectivity index (χ1) is 17.2. The number of carbonyl (C=O) groups excluding carboxylic acids is 1. The van der Waals surface area contributed by atoms with E-state index in [9.17, 15) is 23.1 Å². The van der Waals surface area contributed by atoms with Crippen molar-refractivity contribution in [2.75, 3.05) is 25.1 Å². The summed E-state index contributed by atoms with van der Waals surface area (Å²) in [5.74, 6) is 0.390. The van der Waals surface area contributed by atoms with Crippen LogP contribution in [-0.2, 0) is 11.3 Å². The van der Waals surface area contributed by atoms with Gasteiger partial charge in [-0.1, -0.05) is 0 Å². The Balaban J connectivity index is 1.22. The molecule has 1 aliphatic carbocycles. The number of aromatic amines is 1. The number of ether oxygens (including phenoxy) is 1. The van der Waals surface area contributed by atoms with Crippen molar-refractivity contribution >= 4 is 22.6 Å². The summed E-state index contributed by atoms with van der Waals surface area (Å²) in [5.41, 5.74) is -1.47. The number of nitrogens with one attached hydrogen (secondary N) is 2. The lowest BCUT2D eigenvalue weighted by molar-refractivity contribution is -0.277. The highest BCUT2D eigenvalue weighted by Gasteiger charge is 2.65. The monoisotopic (exact) mass is 505 g/mol. The van der Waals surface area contributed by atoms with E-state index in [1.54, 1.807) is 12.4 Å². The van der Waals surface area contributed by atoms with Gasteiger partial charge in [-0.3, -0.25) is 14.8 Å². The molecule has 3 aromatic rings. The second-order valence-corrected chi connectivity index (χ2v) is 10.1. The number of aromatic nitrogens is 5. The standard InChI is InChI=1S/C23H26F3N7O3/c24-23(25,26)22(35)4-5-32(21(13-22)2-3-21)20(34)30-17-10-28-31-19(17)16-7-18-15(8-27-16)9-29-33(18)11-14-1-6-36-12-14/h7-10,14,35H,1-6,11-13H2,(H,28,31)(H,30,34)/t14-,22+/m0/s1. The number of alkyl halides is 3. The molecule has 0 unspecified atom stereocenters. The van der Waals surface area contributed by atoms with Gasteiger partial charge in [-0.05, 0) is 25.3 Å². The maximum atomic E-state index is 13.4. The fourth-order valence-electron chi connectivity index (χ4n) is 5.40. The first kappa shape index (κ1) is 23.2. The lowest BCUT2D eigenvalue weighted by Crippen LogP contribution is -2.60. The van der Waals surface area contributed by atoms with Crippen LogP contribution in [0.5, 0.6) is 0 Å². The van der Waals surface area contributed by atoms with Crippen molar-refractivity contribution in [3.05, 3.63) is 24.7 Å². The van der Waals surface area contributed by atoms with Crippen LogP contribution in [0.3, 0.4) is 0 Å². The van der Waals surface area contributed by atoms with Gasteiger partial charge in [0.25, 0.3) is 0 Å². The molecular formula is C23H26F3N7O3. The molecule has 10 nitrogen and oxygen atoms in total. The van der Waals surface area contributed by atoms with Gasteiger partial charge in [0, 0.05) is 55.6 Å². The zero-order valence-electron chi connectivity index (χ0n) is 19.4. The summed E-state index contributed by atoms with van der Waals surface area (Å²) in [6.45, 7) is 1.99. The molecule has 2 atom stereocenters. The number of piperidine rings is 1. The number of aliphatic hydroxyl groups is 1. The van der Waals surface area contributed by atoms with Gasteiger partial charge in [-0.15, -0.1) is 0 Å². The van der Waals surface area contributed by atoms with Crippen molar-refractivity contribution in [2.45, 2.75) is 56.0 Å². The summed E-state index contributed by atoms with van der Waals surface area (Å²) in [6, 6.07) is 1.35. The molecule has 6 rings (SSSR count). The van der Waals surface area contributed by atoms with Crippen molar-refractivity contribution in [2.24, 2.45) is 5.92 Å². The Morgan fingerprint density at radius 3 is 2.83 bits per heavy atom. The van der Waals surface area contributed by atoms with Gasteiger partial charge >= 0.3 is 12.2 Å². The number of rotatable bonds is 4. The van der Waals surface area contributed by atoms with E-state index < -0.39 is 36.2 Å². The number of H-pyrrole nitrogens is 1. The number of urea groups is 1. The first-order valence-electron chi connectivity index (χ1n) is 12.0. The van der Waals surface area contributed by atoms with E-state index in [-0.39, 0.29) is 6.54 Å². The zero-order chi connectivity index (χ0) is 25.1. The van der Waals surface area contributed by atoms with Crippen molar-refractivity contribution < 1.29 is 27.8 Å². The molecule has 3 fully saturated rings. The smallest absolute Gasteiger partial charge is 0.381 e. The number of hydrogen-bond acceptors (Lipinski definition) is 6. The van der Waals surface area contributed by atoms with Crippen LogP contribution < -0.4 is 5.32 Å². The predicted octanol–water partition coefficient (Wildman–Crippen LogP) is 3.31. The molecule has 5 heterocycles. The number of anilines is 1. The van der Waals surface area contributed by atoms with Crippen molar-refractivity contribution in [3.63, 3.8) is 0 Å². The highest BCUT2D eigenvalue weighted by Crippen LogP contribution is 2.55. The predicted molar refractivity (Wildman–Crippen MR) is 122 cm³/mol. The molecule has 0 radical (unpaired) electrons. The van der Waals surface area contributed by atoms with Gasteiger partial charge in [0.2, 0.25) is 0 Å². The number of amides is 2. The van der Waals surface area contributed by atoms with Gasteiger partial charge in [0.05, 0.1) is 35.9 Å².